The average Bonchev–Trinajstić information content (AvgIpc) is 3.41. The highest BCUT2D eigenvalue weighted by Crippen LogP contribution is 2.39. The Bertz CT molecular complexity index is 1430. The minimum Gasteiger partial charge on any atom is -0.444 e. The third-order valence-corrected chi connectivity index (χ3v) is 9.37. The number of nitrogens with one attached hydrogen (secondary N) is 2. The molecular weight excluding hydrogens is 627 g/mol. The second-order valence-electron chi connectivity index (χ2n) is 12.8. The van der Waals surface area contributed by atoms with Gasteiger partial charge in [-0.3, -0.25) is 9.59 Å². The molecule has 2 fully saturated rings. The molecular formula is C32H40F3N3O7S. The van der Waals surface area contributed by atoms with Crippen LogP contribution in [0.2, 0.25) is 0 Å². The van der Waals surface area contributed by atoms with Gasteiger partial charge in [0.2, 0.25) is 0 Å². The van der Waals surface area contributed by atoms with Crippen molar-refractivity contribution >= 4 is 23.8 Å². The first-order valence-electron chi connectivity index (χ1n) is 15.5. The van der Waals surface area contributed by atoms with E-state index in [0.29, 0.717) is 36.0 Å². The van der Waals surface area contributed by atoms with Crippen LogP contribution in [0.5, 0.6) is 5.75 Å². The molecule has 0 radical (unpaired) electrons. The maximum atomic E-state index is 14.1. The predicted molar refractivity (Wildman–Crippen MR) is 164 cm³/mol. The molecule has 2 amide bonds. The topological polar surface area (TPSA) is 117 Å². The van der Waals surface area contributed by atoms with Gasteiger partial charge in [-0.25, -0.2) is 4.79 Å². The van der Waals surface area contributed by atoms with Crippen LogP contribution in [0.4, 0.5) is 18.0 Å². The fraction of sp³-hybridized carbons (Fsp3) is 0.594. The maximum Gasteiger partial charge on any atom is 0.573 e. The van der Waals surface area contributed by atoms with E-state index in [9.17, 15) is 27.6 Å². The average molecular weight is 668 g/mol. The Labute approximate surface area is 269 Å². The molecule has 0 bridgehead atoms. The number of hydrogen-bond acceptors (Lipinski definition) is 8. The van der Waals surface area contributed by atoms with Crippen molar-refractivity contribution < 1.29 is 41.7 Å². The quantitative estimate of drug-likeness (QED) is 0.376. The predicted octanol–water partition coefficient (Wildman–Crippen LogP) is 5.56. The summed E-state index contributed by atoms with van der Waals surface area (Å²) < 4.78 is 60.5. The molecule has 252 valence electrons. The molecule has 14 heteroatoms. The standard InChI is InChI=1S/C32H40F3N3O7S/c1-31(2,3)45-30(41)36-23-18-46-27-22(28(39)37-26(20-11-14-42-15-12-20)24-6-4-5-13-43-24)17-38(29(40)25(23)27)16-19-7-9-21(10-8-19)44-32(33,34)35/h7-10,17,20,23-24,26H,4-6,11-16,18H2,1-3H3,(H,36,41)(H,37,39)/t23-,24?,26?/m0/s1. The van der Waals surface area contributed by atoms with Crippen molar-refractivity contribution in [2.24, 2.45) is 5.92 Å². The normalized spacial score (nSPS) is 21.3. The van der Waals surface area contributed by atoms with Gasteiger partial charge in [0.15, 0.2) is 0 Å². The first-order chi connectivity index (χ1) is 21.8. The zero-order valence-corrected chi connectivity index (χ0v) is 26.9. The van der Waals surface area contributed by atoms with Gasteiger partial charge in [0.1, 0.15) is 11.4 Å². The number of rotatable bonds is 8. The molecule has 3 aliphatic heterocycles. The van der Waals surface area contributed by atoms with E-state index in [-0.39, 0.29) is 47.4 Å². The molecule has 10 nitrogen and oxygen atoms in total. The first-order valence-corrected chi connectivity index (χ1v) is 16.5. The summed E-state index contributed by atoms with van der Waals surface area (Å²) in [7, 11) is 0. The smallest absolute Gasteiger partial charge is 0.444 e. The maximum absolute atomic E-state index is 14.1. The number of pyridine rings is 1. The van der Waals surface area contributed by atoms with Crippen molar-refractivity contribution in [3.8, 4) is 5.75 Å². The molecule has 2 saturated heterocycles. The summed E-state index contributed by atoms with van der Waals surface area (Å²) in [6, 6.07) is 4.20. The van der Waals surface area contributed by atoms with Crippen molar-refractivity contribution in [1.82, 2.24) is 15.2 Å². The molecule has 1 aromatic carbocycles. The third-order valence-electron chi connectivity index (χ3n) is 8.14. The van der Waals surface area contributed by atoms with Crippen molar-refractivity contribution in [2.45, 2.75) is 94.5 Å². The highest BCUT2D eigenvalue weighted by molar-refractivity contribution is 7.99. The van der Waals surface area contributed by atoms with Gasteiger partial charge in [0.25, 0.3) is 11.5 Å². The van der Waals surface area contributed by atoms with Crippen LogP contribution in [0.25, 0.3) is 0 Å². The number of alkyl carbamates (subject to hydrolysis) is 1. The molecule has 2 N–H and O–H groups in total. The van der Waals surface area contributed by atoms with Crippen LogP contribution in [0.1, 0.15) is 80.4 Å². The number of benzene rings is 1. The summed E-state index contributed by atoms with van der Waals surface area (Å²) in [5.41, 5.74) is -0.135. The van der Waals surface area contributed by atoms with Gasteiger partial charge in [-0.2, -0.15) is 0 Å². The van der Waals surface area contributed by atoms with Crippen LogP contribution in [0.3, 0.4) is 0 Å². The Kier molecular flexibility index (Phi) is 10.6. The Hall–Kier alpha value is -3.23. The molecule has 2 aromatic rings. The largest absolute Gasteiger partial charge is 0.573 e. The summed E-state index contributed by atoms with van der Waals surface area (Å²) >= 11 is 1.31. The van der Waals surface area contributed by atoms with E-state index in [4.69, 9.17) is 14.2 Å². The van der Waals surface area contributed by atoms with Crippen LogP contribution >= 0.6 is 11.8 Å². The highest BCUT2D eigenvalue weighted by atomic mass is 32.2. The van der Waals surface area contributed by atoms with Crippen molar-refractivity contribution in [1.29, 1.82) is 0 Å². The van der Waals surface area contributed by atoms with E-state index < -0.39 is 29.7 Å². The Morgan fingerprint density at radius 3 is 2.41 bits per heavy atom. The zero-order chi connectivity index (χ0) is 33.1. The third kappa shape index (κ3) is 8.77. The molecule has 4 heterocycles. The fourth-order valence-corrected chi connectivity index (χ4v) is 7.36. The summed E-state index contributed by atoms with van der Waals surface area (Å²) in [5.74, 6) is -0.284. The number of thioether (sulfide) groups is 1. The number of nitrogens with zero attached hydrogens (tertiary/aromatic N) is 1. The fourth-order valence-electron chi connectivity index (χ4n) is 6.09. The lowest BCUT2D eigenvalue weighted by Crippen LogP contribution is -2.51. The van der Waals surface area contributed by atoms with Crippen molar-refractivity contribution in [3.63, 3.8) is 0 Å². The van der Waals surface area contributed by atoms with Gasteiger partial charge in [0, 0.05) is 36.7 Å². The minimum atomic E-state index is -4.83. The van der Waals surface area contributed by atoms with Gasteiger partial charge >= 0.3 is 12.5 Å². The van der Waals surface area contributed by atoms with Crippen molar-refractivity contribution in [2.75, 3.05) is 25.6 Å². The van der Waals surface area contributed by atoms with Crippen molar-refractivity contribution in [3.05, 3.63) is 57.5 Å². The van der Waals surface area contributed by atoms with E-state index in [0.717, 1.165) is 32.1 Å². The number of carbonyl (C=O) groups is 2. The molecule has 5 rings (SSSR count). The van der Waals surface area contributed by atoms with E-state index >= 15 is 0 Å². The summed E-state index contributed by atoms with van der Waals surface area (Å²) in [4.78, 5) is 41.2. The Balaban J connectivity index is 1.48. The number of alkyl halides is 3. The lowest BCUT2D eigenvalue weighted by molar-refractivity contribution is -0.274. The molecule has 3 atom stereocenters. The van der Waals surface area contributed by atoms with E-state index in [1.165, 1.54) is 46.8 Å². The summed E-state index contributed by atoms with van der Waals surface area (Å²) in [6.07, 6.45) is 0.177. The Morgan fingerprint density at radius 1 is 1.07 bits per heavy atom. The molecule has 1 aromatic heterocycles. The van der Waals surface area contributed by atoms with Gasteiger partial charge in [-0.15, -0.1) is 24.9 Å². The second-order valence-corrected chi connectivity index (χ2v) is 13.8. The van der Waals surface area contributed by atoms with E-state index in [2.05, 4.69) is 15.4 Å². The molecule has 3 aliphatic rings. The highest BCUT2D eigenvalue weighted by Gasteiger charge is 2.38. The molecule has 0 aliphatic carbocycles. The van der Waals surface area contributed by atoms with Crippen LogP contribution in [-0.2, 0) is 20.8 Å². The number of fused-ring (bicyclic) bond motifs is 1. The molecule has 0 saturated carbocycles. The number of ether oxygens (including phenoxy) is 4. The number of aromatic nitrogens is 1. The summed E-state index contributed by atoms with van der Waals surface area (Å²) in [6.45, 7) is 6.99. The van der Waals surface area contributed by atoms with Crippen LogP contribution in [0, 0.1) is 5.92 Å². The van der Waals surface area contributed by atoms with Crippen LogP contribution in [0.15, 0.2) is 40.2 Å². The number of hydrogen-bond donors (Lipinski definition) is 2. The number of halogens is 3. The lowest BCUT2D eigenvalue weighted by Gasteiger charge is -2.38. The van der Waals surface area contributed by atoms with Gasteiger partial charge < -0.3 is 34.1 Å². The van der Waals surface area contributed by atoms with Gasteiger partial charge in [-0.05, 0) is 76.5 Å². The van der Waals surface area contributed by atoms with Gasteiger partial charge in [0.05, 0.1) is 35.9 Å². The van der Waals surface area contributed by atoms with Crippen LogP contribution < -0.4 is 20.9 Å². The first kappa shape index (κ1) is 34.1. The molecule has 46 heavy (non-hydrogen) atoms. The Morgan fingerprint density at radius 2 is 1.78 bits per heavy atom. The summed E-state index contributed by atoms with van der Waals surface area (Å²) in [5, 5.41) is 6.02. The van der Waals surface area contributed by atoms with Gasteiger partial charge in [-0.1, -0.05) is 12.1 Å². The zero-order valence-electron chi connectivity index (χ0n) is 26.1. The van der Waals surface area contributed by atoms with E-state index in [1.807, 2.05) is 0 Å². The molecule has 2 unspecified atom stereocenters. The minimum absolute atomic E-state index is 0.0301. The molecule has 0 spiro atoms. The SMILES string of the molecule is CC(C)(C)OC(=O)N[C@H]1CSc2c(C(=O)NC(C3CCOCC3)C3CCCCO3)cn(Cc3ccc(OC(F)(F)F)cc3)c(=O)c21. The van der Waals surface area contributed by atoms with E-state index in [1.54, 1.807) is 20.8 Å². The second kappa shape index (κ2) is 14.3. The number of amides is 2. The monoisotopic (exact) mass is 667 g/mol. The lowest BCUT2D eigenvalue weighted by atomic mass is 9.85. The number of carbonyl (C=O) groups excluding carboxylic acids is 2. The van der Waals surface area contributed by atoms with Crippen LogP contribution in [-0.4, -0.2) is 66.3 Å².